The van der Waals surface area contributed by atoms with E-state index >= 15 is 0 Å². The van der Waals surface area contributed by atoms with Gasteiger partial charge in [0, 0.05) is 51.4 Å². The molecule has 1 aliphatic heterocycles. The Balaban J connectivity index is 1.46. The van der Waals surface area contributed by atoms with E-state index in [0.717, 1.165) is 18.8 Å². The molecule has 0 spiro atoms. The largest absolute Gasteiger partial charge is 0.459 e. The van der Waals surface area contributed by atoms with E-state index in [9.17, 15) is 9.59 Å². The molecule has 138 valence electrons. The van der Waals surface area contributed by atoms with Gasteiger partial charge in [0.25, 0.3) is 5.91 Å². The zero-order valence-corrected chi connectivity index (χ0v) is 15.1. The van der Waals surface area contributed by atoms with Gasteiger partial charge in [-0.15, -0.1) is 0 Å². The first-order valence-electron chi connectivity index (χ1n) is 9.09. The minimum atomic E-state index is -0.0630. The third-order valence-electron chi connectivity index (χ3n) is 4.72. The van der Waals surface area contributed by atoms with Crippen molar-refractivity contribution in [3.63, 3.8) is 0 Å². The van der Waals surface area contributed by atoms with Gasteiger partial charge in [-0.2, -0.15) is 0 Å². The molecule has 1 fully saturated rings. The van der Waals surface area contributed by atoms with Crippen LogP contribution in [0.4, 0.5) is 5.69 Å². The number of amides is 2. The zero-order chi connectivity index (χ0) is 18.4. The summed E-state index contributed by atoms with van der Waals surface area (Å²) in [5, 5.41) is 0. The molecule has 0 saturated carbocycles. The Hall–Kier alpha value is -2.60. The lowest BCUT2D eigenvalue weighted by molar-refractivity contribution is -0.119. The quantitative estimate of drug-likeness (QED) is 0.799. The van der Waals surface area contributed by atoms with E-state index in [1.807, 2.05) is 42.2 Å². The van der Waals surface area contributed by atoms with Crippen LogP contribution in [-0.2, 0) is 4.79 Å². The average molecular weight is 355 g/mol. The number of hydrogen-bond donors (Lipinski definition) is 0. The van der Waals surface area contributed by atoms with Crippen LogP contribution in [0, 0.1) is 0 Å². The molecule has 2 heterocycles. The Morgan fingerprint density at radius 3 is 2.38 bits per heavy atom. The average Bonchev–Trinajstić information content (AvgIpc) is 3.22. The van der Waals surface area contributed by atoms with Crippen LogP contribution >= 0.6 is 0 Å². The van der Waals surface area contributed by atoms with E-state index in [-0.39, 0.29) is 11.8 Å². The fourth-order valence-corrected chi connectivity index (χ4v) is 3.23. The first-order chi connectivity index (χ1) is 12.7. The van der Waals surface area contributed by atoms with Gasteiger partial charge < -0.3 is 14.2 Å². The normalized spacial score (nSPS) is 15.0. The Morgan fingerprint density at radius 1 is 1.04 bits per heavy atom. The summed E-state index contributed by atoms with van der Waals surface area (Å²) in [5.41, 5.74) is 0.939. The van der Waals surface area contributed by atoms with Gasteiger partial charge in [-0.05, 0) is 31.2 Å². The smallest absolute Gasteiger partial charge is 0.289 e. The van der Waals surface area contributed by atoms with E-state index in [1.54, 1.807) is 17.0 Å². The molecular weight excluding hydrogens is 330 g/mol. The lowest BCUT2D eigenvalue weighted by Crippen LogP contribution is -2.49. The van der Waals surface area contributed by atoms with Gasteiger partial charge in [0.05, 0.1) is 6.26 Å². The molecule has 1 aliphatic rings. The number of piperazine rings is 1. The molecule has 3 rings (SSSR count). The monoisotopic (exact) mass is 355 g/mol. The van der Waals surface area contributed by atoms with Gasteiger partial charge in [0.2, 0.25) is 5.91 Å². The molecule has 1 aromatic carbocycles. The summed E-state index contributed by atoms with van der Waals surface area (Å²) in [4.78, 5) is 30.7. The minimum Gasteiger partial charge on any atom is -0.459 e. The number of carbonyl (C=O) groups excluding carboxylic acids is 2. The Kier molecular flexibility index (Phi) is 6.07. The second-order valence-electron chi connectivity index (χ2n) is 6.33. The summed E-state index contributed by atoms with van der Waals surface area (Å²) >= 11 is 0. The second-order valence-corrected chi connectivity index (χ2v) is 6.33. The fourth-order valence-electron chi connectivity index (χ4n) is 3.23. The summed E-state index contributed by atoms with van der Waals surface area (Å²) in [7, 11) is 0. The number of furan rings is 1. The highest BCUT2D eigenvalue weighted by molar-refractivity contribution is 5.93. The lowest BCUT2D eigenvalue weighted by Gasteiger charge is -2.34. The lowest BCUT2D eigenvalue weighted by atomic mass is 10.2. The molecular formula is C20H25N3O3. The molecule has 0 unspecified atom stereocenters. The fraction of sp³-hybridized carbons (Fsp3) is 0.400. The summed E-state index contributed by atoms with van der Waals surface area (Å²) in [6, 6.07) is 13.2. The number of benzene rings is 1. The summed E-state index contributed by atoms with van der Waals surface area (Å²) in [5.74, 6) is 0.454. The predicted molar refractivity (Wildman–Crippen MR) is 100 cm³/mol. The van der Waals surface area contributed by atoms with Gasteiger partial charge in [0.15, 0.2) is 5.76 Å². The molecule has 26 heavy (non-hydrogen) atoms. The van der Waals surface area contributed by atoms with E-state index in [0.29, 0.717) is 38.4 Å². The number of carbonyl (C=O) groups is 2. The standard InChI is InChI=1S/C20H25N3O3/c1-2-23(17-7-4-3-5-8-17)19(24)10-11-21-12-14-22(15-13-21)20(25)18-9-6-16-26-18/h3-9,16H,2,10-15H2,1H3. The maximum atomic E-state index is 12.6. The molecule has 1 aromatic heterocycles. The van der Waals surface area contributed by atoms with Gasteiger partial charge >= 0.3 is 0 Å². The summed E-state index contributed by atoms with van der Waals surface area (Å²) in [6.45, 7) is 6.23. The Labute approximate surface area is 154 Å². The van der Waals surface area contributed by atoms with Crippen molar-refractivity contribution < 1.29 is 14.0 Å². The van der Waals surface area contributed by atoms with Crippen molar-refractivity contribution in [2.24, 2.45) is 0 Å². The third kappa shape index (κ3) is 4.32. The van der Waals surface area contributed by atoms with Gasteiger partial charge in [0.1, 0.15) is 0 Å². The number of anilines is 1. The molecule has 2 aromatic rings. The van der Waals surface area contributed by atoms with Crippen LogP contribution in [0.5, 0.6) is 0 Å². The predicted octanol–water partition coefficient (Wildman–Crippen LogP) is 2.48. The molecule has 0 bridgehead atoms. The van der Waals surface area contributed by atoms with Crippen LogP contribution in [-0.4, -0.2) is 60.9 Å². The van der Waals surface area contributed by atoms with E-state index in [2.05, 4.69) is 4.90 Å². The molecule has 1 saturated heterocycles. The zero-order valence-electron chi connectivity index (χ0n) is 15.1. The molecule has 0 aliphatic carbocycles. The first-order valence-corrected chi connectivity index (χ1v) is 9.09. The van der Waals surface area contributed by atoms with Crippen molar-refractivity contribution >= 4 is 17.5 Å². The van der Waals surface area contributed by atoms with Crippen molar-refractivity contribution in [3.05, 3.63) is 54.5 Å². The SMILES string of the molecule is CCN(C(=O)CCN1CCN(C(=O)c2ccco2)CC1)c1ccccc1. The molecule has 6 nitrogen and oxygen atoms in total. The van der Waals surface area contributed by atoms with Crippen molar-refractivity contribution in [2.75, 3.05) is 44.2 Å². The van der Waals surface area contributed by atoms with Crippen molar-refractivity contribution in [1.82, 2.24) is 9.80 Å². The van der Waals surface area contributed by atoms with Crippen LogP contribution in [0.25, 0.3) is 0 Å². The first kappa shape index (κ1) is 18.2. The topological polar surface area (TPSA) is 57.0 Å². The summed E-state index contributed by atoms with van der Waals surface area (Å²) in [6.07, 6.45) is 2.00. The van der Waals surface area contributed by atoms with Crippen LogP contribution < -0.4 is 4.90 Å². The Bertz CT molecular complexity index is 707. The molecule has 0 radical (unpaired) electrons. The number of rotatable bonds is 6. The van der Waals surface area contributed by atoms with Gasteiger partial charge in [-0.25, -0.2) is 0 Å². The van der Waals surface area contributed by atoms with Gasteiger partial charge in [-0.3, -0.25) is 14.5 Å². The van der Waals surface area contributed by atoms with Crippen molar-refractivity contribution in [1.29, 1.82) is 0 Å². The highest BCUT2D eigenvalue weighted by atomic mass is 16.3. The third-order valence-corrected chi connectivity index (χ3v) is 4.72. The van der Waals surface area contributed by atoms with Crippen molar-refractivity contribution in [2.45, 2.75) is 13.3 Å². The second kappa shape index (κ2) is 8.67. The molecule has 6 heteroatoms. The van der Waals surface area contributed by atoms with Gasteiger partial charge in [-0.1, -0.05) is 18.2 Å². The van der Waals surface area contributed by atoms with E-state index in [4.69, 9.17) is 4.42 Å². The molecule has 0 N–H and O–H groups in total. The Morgan fingerprint density at radius 2 is 1.77 bits per heavy atom. The highest BCUT2D eigenvalue weighted by Gasteiger charge is 2.24. The maximum Gasteiger partial charge on any atom is 0.289 e. The molecule has 0 atom stereocenters. The number of hydrogen-bond acceptors (Lipinski definition) is 4. The van der Waals surface area contributed by atoms with Crippen LogP contribution in [0.1, 0.15) is 23.9 Å². The maximum absolute atomic E-state index is 12.6. The number of nitrogens with zero attached hydrogens (tertiary/aromatic N) is 3. The van der Waals surface area contributed by atoms with Crippen LogP contribution in [0.3, 0.4) is 0 Å². The molecule has 2 amide bonds. The minimum absolute atomic E-state index is 0.0630. The van der Waals surface area contributed by atoms with Crippen molar-refractivity contribution in [3.8, 4) is 0 Å². The summed E-state index contributed by atoms with van der Waals surface area (Å²) < 4.78 is 5.18. The van der Waals surface area contributed by atoms with E-state index in [1.165, 1.54) is 6.26 Å². The number of para-hydroxylation sites is 1. The van der Waals surface area contributed by atoms with Crippen LogP contribution in [0.15, 0.2) is 53.1 Å². The van der Waals surface area contributed by atoms with E-state index < -0.39 is 0 Å². The van der Waals surface area contributed by atoms with Crippen LogP contribution in [0.2, 0.25) is 0 Å². The highest BCUT2D eigenvalue weighted by Crippen LogP contribution is 2.15.